The average Bonchev–Trinajstić information content (AvgIpc) is 2.24. The number of primary amides is 1. The number of nitrogens with two attached hydrogens (primary N) is 1. The predicted octanol–water partition coefficient (Wildman–Crippen LogP) is 1.01. The molecule has 0 bridgehead atoms. The van der Waals surface area contributed by atoms with Gasteiger partial charge in [0.15, 0.2) is 0 Å². The highest BCUT2D eigenvalue weighted by atomic mass is 16.1. The SMILES string of the molecule is CC(C)(C)NCCNC1CCC(C(N)=O)CC1. The number of amides is 1. The van der Waals surface area contributed by atoms with Gasteiger partial charge in [0.1, 0.15) is 0 Å². The molecule has 0 spiro atoms. The fraction of sp³-hybridized carbons (Fsp3) is 0.923. The van der Waals surface area contributed by atoms with Crippen molar-refractivity contribution in [2.24, 2.45) is 11.7 Å². The summed E-state index contributed by atoms with van der Waals surface area (Å²) in [6, 6.07) is 0.562. The molecule has 4 N–H and O–H groups in total. The average molecular weight is 241 g/mol. The van der Waals surface area contributed by atoms with Crippen molar-refractivity contribution in [1.82, 2.24) is 10.6 Å². The van der Waals surface area contributed by atoms with Crippen LogP contribution in [0.15, 0.2) is 0 Å². The minimum atomic E-state index is -0.127. The molecule has 0 heterocycles. The van der Waals surface area contributed by atoms with E-state index in [1.54, 1.807) is 0 Å². The Bertz CT molecular complexity index is 240. The molecule has 100 valence electrons. The first kappa shape index (κ1) is 14.5. The summed E-state index contributed by atoms with van der Waals surface area (Å²) in [6.45, 7) is 8.49. The lowest BCUT2D eigenvalue weighted by atomic mass is 9.85. The summed E-state index contributed by atoms with van der Waals surface area (Å²) in [5, 5.41) is 6.99. The number of nitrogens with one attached hydrogen (secondary N) is 2. The molecule has 0 atom stereocenters. The summed E-state index contributed by atoms with van der Waals surface area (Å²) >= 11 is 0. The van der Waals surface area contributed by atoms with Crippen LogP contribution in [-0.4, -0.2) is 30.6 Å². The minimum Gasteiger partial charge on any atom is -0.369 e. The van der Waals surface area contributed by atoms with E-state index in [9.17, 15) is 4.79 Å². The highest BCUT2D eigenvalue weighted by molar-refractivity contribution is 5.76. The molecule has 0 aromatic carbocycles. The molecule has 0 aliphatic heterocycles. The van der Waals surface area contributed by atoms with E-state index in [-0.39, 0.29) is 17.4 Å². The van der Waals surface area contributed by atoms with E-state index >= 15 is 0 Å². The Labute approximate surface area is 105 Å². The van der Waals surface area contributed by atoms with E-state index in [1.807, 2.05) is 0 Å². The number of carbonyl (C=O) groups excluding carboxylic acids is 1. The van der Waals surface area contributed by atoms with Gasteiger partial charge in [0, 0.05) is 30.6 Å². The van der Waals surface area contributed by atoms with Crippen LogP contribution < -0.4 is 16.4 Å². The molecule has 0 radical (unpaired) electrons. The number of rotatable bonds is 5. The molecule has 4 heteroatoms. The van der Waals surface area contributed by atoms with Crippen LogP contribution in [0.2, 0.25) is 0 Å². The summed E-state index contributed by atoms with van der Waals surface area (Å²) in [6.07, 6.45) is 4.03. The molecule has 1 amide bonds. The van der Waals surface area contributed by atoms with Crippen LogP contribution in [0, 0.1) is 5.92 Å². The molecule has 17 heavy (non-hydrogen) atoms. The Morgan fingerprint density at radius 3 is 2.24 bits per heavy atom. The lowest BCUT2D eigenvalue weighted by Gasteiger charge is -2.28. The predicted molar refractivity (Wildman–Crippen MR) is 70.7 cm³/mol. The number of hydrogen-bond acceptors (Lipinski definition) is 3. The Balaban J connectivity index is 2.09. The topological polar surface area (TPSA) is 67.2 Å². The second-order valence-corrected chi connectivity index (χ2v) is 6.08. The van der Waals surface area contributed by atoms with Crippen molar-refractivity contribution in [3.8, 4) is 0 Å². The second kappa shape index (κ2) is 6.36. The van der Waals surface area contributed by atoms with E-state index in [4.69, 9.17) is 5.73 Å². The van der Waals surface area contributed by atoms with Gasteiger partial charge in [-0.05, 0) is 46.5 Å². The van der Waals surface area contributed by atoms with Gasteiger partial charge < -0.3 is 16.4 Å². The summed E-state index contributed by atoms with van der Waals surface area (Å²) in [4.78, 5) is 11.0. The molecule has 0 aromatic rings. The van der Waals surface area contributed by atoms with Gasteiger partial charge in [-0.25, -0.2) is 0 Å². The first-order valence-electron chi connectivity index (χ1n) is 6.66. The maximum Gasteiger partial charge on any atom is 0.220 e. The van der Waals surface area contributed by atoms with Crippen LogP contribution in [0.3, 0.4) is 0 Å². The maximum atomic E-state index is 11.0. The van der Waals surface area contributed by atoms with E-state index in [0.717, 1.165) is 38.8 Å². The van der Waals surface area contributed by atoms with Gasteiger partial charge in [0.25, 0.3) is 0 Å². The van der Waals surface area contributed by atoms with Crippen LogP contribution in [0.25, 0.3) is 0 Å². The van der Waals surface area contributed by atoms with Crippen molar-refractivity contribution in [2.75, 3.05) is 13.1 Å². The van der Waals surface area contributed by atoms with Crippen molar-refractivity contribution in [2.45, 2.75) is 58.0 Å². The highest BCUT2D eigenvalue weighted by Crippen LogP contribution is 2.23. The highest BCUT2D eigenvalue weighted by Gasteiger charge is 2.24. The molecule has 4 nitrogen and oxygen atoms in total. The van der Waals surface area contributed by atoms with Crippen molar-refractivity contribution in [3.05, 3.63) is 0 Å². The summed E-state index contributed by atoms with van der Waals surface area (Å²) in [5.74, 6) is -0.0152. The number of carbonyl (C=O) groups is 1. The molecule has 1 fully saturated rings. The maximum absolute atomic E-state index is 11.0. The zero-order chi connectivity index (χ0) is 12.9. The molecular formula is C13H27N3O. The standard InChI is InChI=1S/C13H27N3O/c1-13(2,3)16-9-8-15-11-6-4-10(5-7-11)12(14)17/h10-11,15-16H,4-9H2,1-3H3,(H2,14,17). The Hall–Kier alpha value is -0.610. The van der Waals surface area contributed by atoms with Crippen LogP contribution in [0.5, 0.6) is 0 Å². The summed E-state index contributed by atoms with van der Waals surface area (Å²) < 4.78 is 0. The van der Waals surface area contributed by atoms with Gasteiger partial charge in [0.2, 0.25) is 5.91 Å². The van der Waals surface area contributed by atoms with Crippen molar-refractivity contribution in [1.29, 1.82) is 0 Å². The monoisotopic (exact) mass is 241 g/mol. The third-order valence-corrected chi connectivity index (χ3v) is 3.34. The third kappa shape index (κ3) is 6.03. The largest absolute Gasteiger partial charge is 0.369 e. The molecule has 1 rings (SSSR count). The van der Waals surface area contributed by atoms with Crippen LogP contribution in [-0.2, 0) is 4.79 Å². The van der Waals surface area contributed by atoms with Gasteiger partial charge in [-0.2, -0.15) is 0 Å². The first-order chi connectivity index (χ1) is 7.88. The van der Waals surface area contributed by atoms with Crippen LogP contribution >= 0.6 is 0 Å². The van der Waals surface area contributed by atoms with Gasteiger partial charge in [-0.15, -0.1) is 0 Å². The fourth-order valence-corrected chi connectivity index (χ4v) is 2.30. The van der Waals surface area contributed by atoms with E-state index in [1.165, 1.54) is 0 Å². The molecule has 1 aliphatic carbocycles. The summed E-state index contributed by atoms with van der Waals surface area (Å²) in [5.41, 5.74) is 5.50. The van der Waals surface area contributed by atoms with Crippen LogP contribution in [0.4, 0.5) is 0 Å². The van der Waals surface area contributed by atoms with E-state index in [0.29, 0.717) is 6.04 Å². The van der Waals surface area contributed by atoms with Gasteiger partial charge >= 0.3 is 0 Å². The molecular weight excluding hydrogens is 214 g/mol. The molecule has 0 unspecified atom stereocenters. The van der Waals surface area contributed by atoms with Gasteiger partial charge in [-0.1, -0.05) is 0 Å². The first-order valence-corrected chi connectivity index (χ1v) is 6.66. The Kier molecular flexibility index (Phi) is 5.40. The van der Waals surface area contributed by atoms with E-state index in [2.05, 4.69) is 31.4 Å². The van der Waals surface area contributed by atoms with Crippen molar-refractivity contribution in [3.63, 3.8) is 0 Å². The van der Waals surface area contributed by atoms with Crippen LogP contribution in [0.1, 0.15) is 46.5 Å². The molecule has 0 saturated heterocycles. The van der Waals surface area contributed by atoms with Gasteiger partial charge in [-0.3, -0.25) is 4.79 Å². The summed E-state index contributed by atoms with van der Waals surface area (Å²) in [7, 11) is 0. The molecule has 0 aromatic heterocycles. The van der Waals surface area contributed by atoms with Gasteiger partial charge in [0.05, 0.1) is 0 Å². The lowest BCUT2D eigenvalue weighted by molar-refractivity contribution is -0.122. The Morgan fingerprint density at radius 1 is 1.18 bits per heavy atom. The molecule has 1 aliphatic rings. The Morgan fingerprint density at radius 2 is 1.76 bits per heavy atom. The zero-order valence-corrected chi connectivity index (χ0v) is 11.4. The minimum absolute atomic E-state index is 0.112. The lowest BCUT2D eigenvalue weighted by Crippen LogP contribution is -2.43. The van der Waals surface area contributed by atoms with E-state index < -0.39 is 0 Å². The zero-order valence-electron chi connectivity index (χ0n) is 11.4. The molecule has 1 saturated carbocycles. The van der Waals surface area contributed by atoms with Crippen molar-refractivity contribution < 1.29 is 4.79 Å². The fourth-order valence-electron chi connectivity index (χ4n) is 2.30. The normalized spacial score (nSPS) is 25.8. The quantitative estimate of drug-likeness (QED) is 0.629. The second-order valence-electron chi connectivity index (χ2n) is 6.08. The third-order valence-electron chi connectivity index (χ3n) is 3.34. The number of hydrogen-bond donors (Lipinski definition) is 3. The van der Waals surface area contributed by atoms with Crippen molar-refractivity contribution >= 4 is 5.91 Å². The smallest absolute Gasteiger partial charge is 0.220 e.